The van der Waals surface area contributed by atoms with E-state index in [0.29, 0.717) is 11.5 Å². The Morgan fingerprint density at radius 3 is 3.06 bits per heavy atom. The zero-order valence-electron chi connectivity index (χ0n) is 11.0. The summed E-state index contributed by atoms with van der Waals surface area (Å²) < 4.78 is 0. The highest BCUT2D eigenvalue weighted by Gasteiger charge is 2.25. The summed E-state index contributed by atoms with van der Waals surface area (Å²) in [5.41, 5.74) is 2.01. The fourth-order valence-electron chi connectivity index (χ4n) is 2.67. The van der Waals surface area contributed by atoms with Gasteiger partial charge in [-0.2, -0.15) is 0 Å². The average molecular weight is 248 g/mol. The van der Waals surface area contributed by atoms with Crippen molar-refractivity contribution in [3.05, 3.63) is 23.5 Å². The van der Waals surface area contributed by atoms with Crippen LogP contribution in [0.1, 0.15) is 42.2 Å². The number of carbonyl (C=O) groups is 1. The van der Waals surface area contributed by atoms with Crippen LogP contribution in [0.3, 0.4) is 0 Å². The van der Waals surface area contributed by atoms with Gasteiger partial charge in [-0.05, 0) is 31.7 Å². The summed E-state index contributed by atoms with van der Waals surface area (Å²) in [6, 6.07) is 1.89. The second kappa shape index (κ2) is 5.38. The zero-order chi connectivity index (χ0) is 13.1. The van der Waals surface area contributed by atoms with Crippen molar-refractivity contribution in [3.8, 4) is 0 Å². The molecule has 1 aliphatic rings. The molecule has 2 rings (SSSR count). The minimum atomic E-state index is -0.892. The Morgan fingerprint density at radius 1 is 1.61 bits per heavy atom. The van der Waals surface area contributed by atoms with E-state index in [4.69, 9.17) is 0 Å². The monoisotopic (exact) mass is 248 g/mol. The van der Waals surface area contributed by atoms with Gasteiger partial charge < -0.3 is 10.0 Å². The highest BCUT2D eigenvalue weighted by molar-refractivity contribution is 5.94. The lowest BCUT2D eigenvalue weighted by Crippen LogP contribution is -2.22. The highest BCUT2D eigenvalue weighted by Crippen LogP contribution is 2.29. The average Bonchev–Trinajstić information content (AvgIpc) is 2.77. The van der Waals surface area contributed by atoms with Crippen molar-refractivity contribution < 1.29 is 9.90 Å². The summed E-state index contributed by atoms with van der Waals surface area (Å²) in [6.07, 6.45) is 5.05. The van der Waals surface area contributed by atoms with Crippen LogP contribution in [-0.4, -0.2) is 29.1 Å². The van der Waals surface area contributed by atoms with Gasteiger partial charge in [0.25, 0.3) is 0 Å². The topological polar surface area (TPSA) is 53.4 Å². The number of carboxylic acids is 1. The minimum absolute atomic E-state index is 0.317. The third-order valence-electron chi connectivity index (χ3n) is 3.57. The number of anilines is 1. The molecule has 0 bridgehead atoms. The lowest BCUT2D eigenvalue weighted by molar-refractivity contribution is 0.0697. The van der Waals surface area contributed by atoms with E-state index < -0.39 is 5.97 Å². The van der Waals surface area contributed by atoms with E-state index in [0.717, 1.165) is 30.9 Å². The number of aromatic nitrogens is 1. The smallest absolute Gasteiger partial charge is 0.339 e. The number of carboxylic acid groups (broad SMARTS) is 1. The van der Waals surface area contributed by atoms with Crippen molar-refractivity contribution in [2.45, 2.75) is 33.1 Å². The van der Waals surface area contributed by atoms with E-state index in [1.165, 1.54) is 19.0 Å². The van der Waals surface area contributed by atoms with Crippen molar-refractivity contribution in [2.24, 2.45) is 5.92 Å². The molecular formula is C14H20N2O2. The third kappa shape index (κ3) is 2.63. The number of hydrogen-bond donors (Lipinski definition) is 1. The fraction of sp³-hybridized carbons (Fsp3) is 0.571. The van der Waals surface area contributed by atoms with Gasteiger partial charge in [-0.15, -0.1) is 0 Å². The van der Waals surface area contributed by atoms with Crippen LogP contribution in [-0.2, 0) is 0 Å². The molecule has 1 atom stereocenters. The molecular weight excluding hydrogens is 228 g/mol. The predicted molar refractivity (Wildman–Crippen MR) is 71.2 cm³/mol. The van der Waals surface area contributed by atoms with E-state index in [-0.39, 0.29) is 0 Å². The molecule has 2 heterocycles. The number of rotatable bonds is 4. The number of aryl methyl sites for hydroxylation is 1. The van der Waals surface area contributed by atoms with Gasteiger partial charge in [-0.3, -0.25) is 4.98 Å². The van der Waals surface area contributed by atoms with Gasteiger partial charge in [-0.25, -0.2) is 4.79 Å². The first kappa shape index (κ1) is 12.9. The molecule has 0 spiro atoms. The normalized spacial score (nSPS) is 19.2. The first-order chi connectivity index (χ1) is 8.61. The summed E-state index contributed by atoms with van der Waals surface area (Å²) >= 11 is 0. The maximum absolute atomic E-state index is 11.2. The second-order valence-electron chi connectivity index (χ2n) is 5.04. The summed E-state index contributed by atoms with van der Waals surface area (Å²) in [5.74, 6) is -0.193. The van der Waals surface area contributed by atoms with Crippen LogP contribution in [0.4, 0.5) is 5.69 Å². The van der Waals surface area contributed by atoms with Crippen molar-refractivity contribution in [3.63, 3.8) is 0 Å². The fourth-order valence-corrected chi connectivity index (χ4v) is 2.67. The first-order valence-corrected chi connectivity index (χ1v) is 6.56. The van der Waals surface area contributed by atoms with Gasteiger partial charge in [0, 0.05) is 25.0 Å². The van der Waals surface area contributed by atoms with Crippen LogP contribution in [0.5, 0.6) is 0 Å². The van der Waals surface area contributed by atoms with Gasteiger partial charge in [0.15, 0.2) is 0 Å². The van der Waals surface area contributed by atoms with Crippen molar-refractivity contribution in [1.82, 2.24) is 4.98 Å². The van der Waals surface area contributed by atoms with Crippen molar-refractivity contribution >= 4 is 11.7 Å². The number of hydrogen-bond acceptors (Lipinski definition) is 3. The van der Waals surface area contributed by atoms with E-state index in [1.54, 1.807) is 0 Å². The molecule has 0 saturated carbocycles. The van der Waals surface area contributed by atoms with Gasteiger partial charge in [0.2, 0.25) is 0 Å². The lowest BCUT2D eigenvalue weighted by atomic mass is 10.0. The highest BCUT2D eigenvalue weighted by atomic mass is 16.4. The molecule has 18 heavy (non-hydrogen) atoms. The van der Waals surface area contributed by atoms with Gasteiger partial charge in [0.1, 0.15) is 5.56 Å². The van der Waals surface area contributed by atoms with Crippen molar-refractivity contribution in [1.29, 1.82) is 0 Å². The quantitative estimate of drug-likeness (QED) is 0.890. The van der Waals surface area contributed by atoms with Crippen LogP contribution in [0, 0.1) is 12.8 Å². The predicted octanol–water partition coefficient (Wildman–Crippen LogP) is 2.71. The van der Waals surface area contributed by atoms with Crippen molar-refractivity contribution in [2.75, 3.05) is 18.0 Å². The Labute approximate surface area is 108 Å². The first-order valence-electron chi connectivity index (χ1n) is 6.56. The molecule has 4 nitrogen and oxygen atoms in total. The Kier molecular flexibility index (Phi) is 3.84. The number of aromatic carboxylic acids is 1. The Bertz CT molecular complexity index is 445. The van der Waals surface area contributed by atoms with E-state index in [2.05, 4.69) is 16.8 Å². The summed E-state index contributed by atoms with van der Waals surface area (Å²) in [6.45, 7) is 6.02. The summed E-state index contributed by atoms with van der Waals surface area (Å²) in [4.78, 5) is 17.5. The maximum atomic E-state index is 11.2. The Balaban J connectivity index is 2.23. The molecule has 4 heteroatoms. The number of pyridine rings is 1. The van der Waals surface area contributed by atoms with Crippen LogP contribution in [0.2, 0.25) is 0 Å². The number of nitrogens with zero attached hydrogens (tertiary/aromatic N) is 2. The summed E-state index contributed by atoms with van der Waals surface area (Å²) in [7, 11) is 0. The molecule has 1 unspecified atom stereocenters. The minimum Gasteiger partial charge on any atom is -0.478 e. The summed E-state index contributed by atoms with van der Waals surface area (Å²) in [5, 5.41) is 9.22. The molecule has 1 saturated heterocycles. The molecule has 0 aliphatic carbocycles. The van der Waals surface area contributed by atoms with Crippen LogP contribution >= 0.6 is 0 Å². The third-order valence-corrected chi connectivity index (χ3v) is 3.57. The molecule has 1 aromatic rings. The lowest BCUT2D eigenvalue weighted by Gasteiger charge is -2.21. The molecule has 0 amide bonds. The maximum Gasteiger partial charge on any atom is 0.339 e. The standard InChI is InChI=1S/C14H20N2O2/c1-3-4-11-5-6-16(9-11)13-7-10(2)15-8-12(13)14(17)18/h7-8,11H,3-6,9H2,1-2H3,(H,17,18). The molecule has 1 fully saturated rings. The second-order valence-corrected chi connectivity index (χ2v) is 5.04. The van der Waals surface area contributed by atoms with E-state index in [1.807, 2.05) is 13.0 Å². The van der Waals surface area contributed by atoms with E-state index >= 15 is 0 Å². The van der Waals surface area contributed by atoms with Gasteiger partial charge >= 0.3 is 5.97 Å². The van der Waals surface area contributed by atoms with Gasteiger partial charge in [-0.1, -0.05) is 13.3 Å². The molecule has 1 aliphatic heterocycles. The van der Waals surface area contributed by atoms with Crippen LogP contribution < -0.4 is 4.90 Å². The zero-order valence-corrected chi connectivity index (χ0v) is 11.0. The molecule has 1 N–H and O–H groups in total. The molecule has 1 aromatic heterocycles. The van der Waals surface area contributed by atoms with Gasteiger partial charge in [0.05, 0.1) is 5.69 Å². The largest absolute Gasteiger partial charge is 0.478 e. The Morgan fingerprint density at radius 2 is 2.39 bits per heavy atom. The molecule has 98 valence electrons. The van der Waals surface area contributed by atoms with Crippen LogP contribution in [0.15, 0.2) is 12.3 Å². The van der Waals surface area contributed by atoms with Crippen LogP contribution in [0.25, 0.3) is 0 Å². The molecule has 0 aromatic carbocycles. The van der Waals surface area contributed by atoms with E-state index in [9.17, 15) is 9.90 Å². The SMILES string of the molecule is CCCC1CCN(c2cc(C)ncc2C(=O)O)C1. The Hall–Kier alpha value is -1.58. The molecule has 0 radical (unpaired) electrons.